The van der Waals surface area contributed by atoms with Crippen LogP contribution in [0.2, 0.25) is 0 Å². The van der Waals surface area contributed by atoms with Gasteiger partial charge >= 0.3 is 6.18 Å². The number of pyridine rings is 1. The first-order valence-electron chi connectivity index (χ1n) is 6.03. The van der Waals surface area contributed by atoms with Crippen molar-refractivity contribution in [2.24, 2.45) is 0 Å². The number of nitrogens with zero attached hydrogens (tertiary/aromatic N) is 2. The molecule has 1 heterocycles. The second kappa shape index (κ2) is 5.32. The molecule has 1 N–H and O–H groups in total. The minimum atomic E-state index is -4.30. The molecule has 0 saturated heterocycles. The predicted octanol–water partition coefficient (Wildman–Crippen LogP) is 2.47. The fourth-order valence-corrected chi connectivity index (χ4v) is 2.01. The number of rotatable bonds is 5. The maximum atomic E-state index is 13.2. The topological polar surface area (TPSA) is 28.2 Å². The van der Waals surface area contributed by atoms with Gasteiger partial charge in [-0.15, -0.1) is 0 Å². The third-order valence-electron chi connectivity index (χ3n) is 2.89. The molecule has 1 aliphatic carbocycles. The SMILES string of the molecule is CNCc1cc(F)cnc1N(CC(F)(F)F)C1CC1. The van der Waals surface area contributed by atoms with E-state index in [1.165, 1.54) is 11.0 Å². The standard InChI is InChI=1S/C12H15F4N3/c1-17-5-8-4-9(13)6-18-11(8)19(10-2-3-10)7-12(14,15)16/h4,6,10,17H,2-3,5,7H2,1H3. The van der Waals surface area contributed by atoms with Crippen LogP contribution in [0.5, 0.6) is 0 Å². The molecule has 0 aromatic carbocycles. The lowest BCUT2D eigenvalue weighted by molar-refractivity contribution is -0.120. The van der Waals surface area contributed by atoms with Gasteiger partial charge in [0.15, 0.2) is 0 Å². The van der Waals surface area contributed by atoms with Crippen LogP contribution in [0.1, 0.15) is 18.4 Å². The van der Waals surface area contributed by atoms with E-state index in [0.29, 0.717) is 18.4 Å². The molecule has 1 fully saturated rings. The number of hydrogen-bond acceptors (Lipinski definition) is 3. The fraction of sp³-hybridized carbons (Fsp3) is 0.583. The Labute approximate surface area is 108 Å². The summed E-state index contributed by atoms with van der Waals surface area (Å²) >= 11 is 0. The maximum Gasteiger partial charge on any atom is 0.405 e. The Hall–Kier alpha value is -1.37. The third-order valence-corrected chi connectivity index (χ3v) is 2.89. The van der Waals surface area contributed by atoms with Crippen molar-refractivity contribution in [1.82, 2.24) is 10.3 Å². The van der Waals surface area contributed by atoms with Gasteiger partial charge in [-0.2, -0.15) is 13.2 Å². The number of halogens is 4. The number of alkyl halides is 3. The lowest BCUT2D eigenvalue weighted by Gasteiger charge is -2.26. The van der Waals surface area contributed by atoms with Crippen molar-refractivity contribution in [2.45, 2.75) is 31.6 Å². The minimum absolute atomic E-state index is 0.143. The number of nitrogens with one attached hydrogen (secondary N) is 1. The average molecular weight is 277 g/mol. The summed E-state index contributed by atoms with van der Waals surface area (Å²) in [5, 5.41) is 2.81. The Morgan fingerprint density at radius 2 is 2.11 bits per heavy atom. The van der Waals surface area contributed by atoms with Crippen LogP contribution < -0.4 is 10.2 Å². The van der Waals surface area contributed by atoms with Gasteiger partial charge in [-0.25, -0.2) is 9.37 Å². The minimum Gasteiger partial charge on any atom is -0.344 e. The van der Waals surface area contributed by atoms with Gasteiger partial charge < -0.3 is 10.2 Å². The van der Waals surface area contributed by atoms with E-state index in [2.05, 4.69) is 10.3 Å². The van der Waals surface area contributed by atoms with Crippen LogP contribution in [0.3, 0.4) is 0 Å². The Morgan fingerprint density at radius 3 is 2.63 bits per heavy atom. The molecule has 0 aliphatic heterocycles. The third kappa shape index (κ3) is 3.79. The van der Waals surface area contributed by atoms with Crippen molar-refractivity contribution in [3.63, 3.8) is 0 Å². The summed E-state index contributed by atoms with van der Waals surface area (Å²) in [6.07, 6.45) is -1.90. The summed E-state index contributed by atoms with van der Waals surface area (Å²) in [7, 11) is 1.65. The molecular weight excluding hydrogens is 262 g/mol. The molecule has 0 unspecified atom stereocenters. The smallest absolute Gasteiger partial charge is 0.344 e. The van der Waals surface area contributed by atoms with Crippen LogP contribution in [-0.4, -0.2) is 30.8 Å². The molecule has 0 radical (unpaired) electrons. The summed E-state index contributed by atoms with van der Waals surface area (Å²) in [5.74, 6) is -0.327. The molecule has 0 amide bonds. The van der Waals surface area contributed by atoms with Gasteiger partial charge in [0.1, 0.15) is 18.2 Å². The fourth-order valence-electron chi connectivity index (χ4n) is 2.01. The summed E-state index contributed by atoms with van der Waals surface area (Å²) in [4.78, 5) is 5.08. The summed E-state index contributed by atoms with van der Waals surface area (Å²) < 4.78 is 51.0. The number of hydrogen-bond donors (Lipinski definition) is 1. The molecular formula is C12H15F4N3. The van der Waals surface area contributed by atoms with Crippen molar-refractivity contribution >= 4 is 5.82 Å². The van der Waals surface area contributed by atoms with Crippen molar-refractivity contribution in [2.75, 3.05) is 18.5 Å². The Morgan fingerprint density at radius 1 is 1.42 bits per heavy atom. The quantitative estimate of drug-likeness (QED) is 0.838. The second-order valence-electron chi connectivity index (χ2n) is 4.64. The normalized spacial score (nSPS) is 15.6. The zero-order valence-electron chi connectivity index (χ0n) is 10.5. The highest BCUT2D eigenvalue weighted by atomic mass is 19.4. The van der Waals surface area contributed by atoms with Crippen LogP contribution in [0, 0.1) is 5.82 Å². The van der Waals surface area contributed by atoms with E-state index in [0.717, 1.165) is 6.20 Å². The van der Waals surface area contributed by atoms with E-state index in [1.54, 1.807) is 7.05 Å². The second-order valence-corrected chi connectivity index (χ2v) is 4.64. The molecule has 0 atom stereocenters. The van der Waals surface area contributed by atoms with Crippen molar-refractivity contribution in [1.29, 1.82) is 0 Å². The van der Waals surface area contributed by atoms with Gasteiger partial charge in [0.2, 0.25) is 0 Å². The van der Waals surface area contributed by atoms with Crippen LogP contribution >= 0.6 is 0 Å². The highest BCUT2D eigenvalue weighted by Crippen LogP contribution is 2.35. The first kappa shape index (κ1) is 14.0. The van der Waals surface area contributed by atoms with E-state index < -0.39 is 18.5 Å². The Balaban J connectivity index is 2.30. The summed E-state index contributed by atoms with van der Waals surface area (Å²) in [6.45, 7) is -0.770. The molecule has 2 rings (SSSR count). The molecule has 3 nitrogen and oxygen atoms in total. The Kier molecular flexibility index (Phi) is 3.93. The van der Waals surface area contributed by atoms with E-state index in [9.17, 15) is 17.6 Å². The monoisotopic (exact) mass is 277 g/mol. The van der Waals surface area contributed by atoms with Crippen LogP contribution in [0.25, 0.3) is 0 Å². The van der Waals surface area contributed by atoms with E-state index >= 15 is 0 Å². The van der Waals surface area contributed by atoms with E-state index in [4.69, 9.17) is 0 Å². The van der Waals surface area contributed by atoms with Crippen molar-refractivity contribution < 1.29 is 17.6 Å². The zero-order chi connectivity index (χ0) is 14.0. The first-order valence-corrected chi connectivity index (χ1v) is 6.03. The molecule has 1 aliphatic rings. The molecule has 0 bridgehead atoms. The number of anilines is 1. The molecule has 106 valence electrons. The van der Waals surface area contributed by atoms with Gasteiger partial charge in [-0.05, 0) is 26.0 Å². The van der Waals surface area contributed by atoms with Gasteiger partial charge in [0.05, 0.1) is 6.20 Å². The van der Waals surface area contributed by atoms with Crippen LogP contribution in [0.15, 0.2) is 12.3 Å². The summed E-state index contributed by atoms with van der Waals surface area (Å²) in [5.41, 5.74) is 0.443. The Bertz CT molecular complexity index is 443. The molecule has 0 spiro atoms. The van der Waals surface area contributed by atoms with E-state index in [-0.39, 0.29) is 18.4 Å². The number of aromatic nitrogens is 1. The largest absolute Gasteiger partial charge is 0.405 e. The molecule has 1 aromatic heterocycles. The molecule has 7 heteroatoms. The highest BCUT2D eigenvalue weighted by molar-refractivity contribution is 5.49. The van der Waals surface area contributed by atoms with Gasteiger partial charge in [-0.1, -0.05) is 0 Å². The van der Waals surface area contributed by atoms with Gasteiger partial charge in [0, 0.05) is 18.2 Å². The summed E-state index contributed by atoms with van der Waals surface area (Å²) in [6, 6.07) is 1.08. The van der Waals surface area contributed by atoms with Gasteiger partial charge in [-0.3, -0.25) is 0 Å². The van der Waals surface area contributed by atoms with Gasteiger partial charge in [0.25, 0.3) is 0 Å². The first-order chi connectivity index (χ1) is 8.90. The average Bonchev–Trinajstić information content (AvgIpc) is 3.09. The van der Waals surface area contributed by atoms with Crippen LogP contribution in [0.4, 0.5) is 23.4 Å². The molecule has 1 aromatic rings. The van der Waals surface area contributed by atoms with E-state index in [1.807, 2.05) is 0 Å². The maximum absolute atomic E-state index is 13.2. The predicted molar refractivity (Wildman–Crippen MR) is 63.4 cm³/mol. The zero-order valence-corrected chi connectivity index (χ0v) is 10.5. The van der Waals surface area contributed by atoms with Crippen LogP contribution in [-0.2, 0) is 6.54 Å². The van der Waals surface area contributed by atoms with Crippen molar-refractivity contribution in [3.8, 4) is 0 Å². The molecule has 1 saturated carbocycles. The lowest BCUT2D eigenvalue weighted by Crippen LogP contribution is -2.37. The highest BCUT2D eigenvalue weighted by Gasteiger charge is 2.39. The lowest BCUT2D eigenvalue weighted by atomic mass is 10.2. The van der Waals surface area contributed by atoms with Crippen molar-refractivity contribution in [3.05, 3.63) is 23.6 Å². The molecule has 19 heavy (non-hydrogen) atoms.